The number of hydrogen-bond donors (Lipinski definition) is 2. The topological polar surface area (TPSA) is 86.7 Å². The molecule has 0 aromatic heterocycles. The third kappa shape index (κ3) is 4.76. The van der Waals surface area contributed by atoms with Gasteiger partial charge < -0.3 is 10.4 Å². The second kappa shape index (κ2) is 7.42. The van der Waals surface area contributed by atoms with Gasteiger partial charge in [0.25, 0.3) is 0 Å². The van der Waals surface area contributed by atoms with Gasteiger partial charge in [-0.25, -0.2) is 8.42 Å². The van der Waals surface area contributed by atoms with Gasteiger partial charge in [-0.1, -0.05) is 12.1 Å². The molecule has 7 heteroatoms. The zero-order valence-electron chi connectivity index (χ0n) is 13.5. The molecule has 0 aliphatic carbocycles. The second-order valence-corrected chi connectivity index (χ2v) is 8.07. The molecule has 0 bridgehead atoms. The first-order chi connectivity index (χ1) is 10.8. The standard InChI is InChI=1S/C16H24N2O4S/c1-12(13-3-5-15(6-4-13)23(2,21)22)18-9-7-14(8-10-18)17-16(20)11-19/h3-6,12,14,19H,7-11H2,1-2H3,(H,17,20). The predicted octanol–water partition coefficient (Wildman–Crippen LogP) is 0.724. The number of benzene rings is 1. The van der Waals surface area contributed by atoms with Crippen LogP contribution in [-0.4, -0.2) is 56.3 Å². The van der Waals surface area contributed by atoms with Crippen molar-refractivity contribution in [1.82, 2.24) is 10.2 Å². The maximum Gasteiger partial charge on any atom is 0.245 e. The van der Waals surface area contributed by atoms with Crippen LogP contribution in [0.2, 0.25) is 0 Å². The molecule has 0 spiro atoms. The molecule has 0 radical (unpaired) electrons. The largest absolute Gasteiger partial charge is 0.387 e. The number of nitrogens with one attached hydrogen (secondary N) is 1. The van der Waals surface area contributed by atoms with E-state index in [1.165, 1.54) is 6.26 Å². The van der Waals surface area contributed by atoms with Crippen molar-refractivity contribution >= 4 is 15.7 Å². The molecule has 1 aromatic rings. The van der Waals surface area contributed by atoms with Gasteiger partial charge in [-0.2, -0.15) is 0 Å². The van der Waals surface area contributed by atoms with E-state index in [2.05, 4.69) is 17.1 Å². The molecule has 1 aliphatic heterocycles. The Balaban J connectivity index is 1.94. The van der Waals surface area contributed by atoms with Gasteiger partial charge in [0.2, 0.25) is 5.91 Å². The smallest absolute Gasteiger partial charge is 0.245 e. The second-order valence-electron chi connectivity index (χ2n) is 6.05. The number of sulfone groups is 1. The predicted molar refractivity (Wildman–Crippen MR) is 87.8 cm³/mol. The van der Waals surface area contributed by atoms with Crippen LogP contribution in [0.3, 0.4) is 0 Å². The van der Waals surface area contributed by atoms with Gasteiger partial charge in [0.05, 0.1) is 4.90 Å². The number of aliphatic hydroxyl groups is 1. The van der Waals surface area contributed by atoms with Crippen LogP contribution in [0.4, 0.5) is 0 Å². The molecule has 2 rings (SSSR count). The van der Waals surface area contributed by atoms with Crippen LogP contribution < -0.4 is 5.32 Å². The molecule has 128 valence electrons. The lowest BCUT2D eigenvalue weighted by molar-refractivity contribution is -0.124. The fraction of sp³-hybridized carbons (Fsp3) is 0.562. The average Bonchev–Trinajstić information content (AvgIpc) is 2.54. The number of nitrogens with zero attached hydrogens (tertiary/aromatic N) is 1. The fourth-order valence-corrected chi connectivity index (χ4v) is 3.54. The number of carbonyl (C=O) groups is 1. The molecule has 1 aromatic carbocycles. The Morgan fingerprint density at radius 3 is 2.35 bits per heavy atom. The molecule has 6 nitrogen and oxygen atoms in total. The van der Waals surface area contributed by atoms with Crippen LogP contribution in [-0.2, 0) is 14.6 Å². The minimum Gasteiger partial charge on any atom is -0.387 e. The normalized spacial score (nSPS) is 18.6. The summed E-state index contributed by atoms with van der Waals surface area (Å²) >= 11 is 0. The quantitative estimate of drug-likeness (QED) is 0.825. The van der Waals surface area contributed by atoms with Crippen molar-refractivity contribution in [3.63, 3.8) is 0 Å². The van der Waals surface area contributed by atoms with Gasteiger partial charge in [-0.05, 0) is 37.5 Å². The molecule has 1 aliphatic rings. The molecule has 0 saturated carbocycles. The van der Waals surface area contributed by atoms with Gasteiger partial charge in [0.1, 0.15) is 6.61 Å². The third-order valence-corrected chi connectivity index (χ3v) is 5.51. The number of likely N-dealkylation sites (tertiary alicyclic amines) is 1. The number of rotatable bonds is 5. The summed E-state index contributed by atoms with van der Waals surface area (Å²) in [6, 6.07) is 7.33. The Morgan fingerprint density at radius 2 is 1.87 bits per heavy atom. The van der Waals surface area contributed by atoms with Crippen molar-refractivity contribution in [2.45, 2.75) is 36.7 Å². The van der Waals surface area contributed by atoms with E-state index >= 15 is 0 Å². The van der Waals surface area contributed by atoms with Crippen molar-refractivity contribution in [2.75, 3.05) is 26.0 Å². The van der Waals surface area contributed by atoms with Crippen LogP contribution >= 0.6 is 0 Å². The molecule has 23 heavy (non-hydrogen) atoms. The van der Waals surface area contributed by atoms with E-state index < -0.39 is 16.4 Å². The monoisotopic (exact) mass is 340 g/mol. The lowest BCUT2D eigenvalue weighted by atomic mass is 10.00. The molecule has 1 saturated heterocycles. The Kier molecular flexibility index (Phi) is 5.78. The Hall–Kier alpha value is -1.44. The van der Waals surface area contributed by atoms with Crippen molar-refractivity contribution < 1.29 is 18.3 Å². The molecular formula is C16H24N2O4S. The van der Waals surface area contributed by atoms with Gasteiger partial charge in [-0.3, -0.25) is 9.69 Å². The SMILES string of the molecule is CC(c1ccc(S(C)(=O)=O)cc1)N1CCC(NC(=O)CO)CC1. The molecule has 1 fully saturated rings. The summed E-state index contributed by atoms with van der Waals surface area (Å²) < 4.78 is 23.0. The minimum atomic E-state index is -3.17. The van der Waals surface area contributed by atoms with Crippen molar-refractivity contribution in [2.24, 2.45) is 0 Å². The zero-order chi connectivity index (χ0) is 17.0. The van der Waals surface area contributed by atoms with E-state index in [4.69, 9.17) is 5.11 Å². The van der Waals surface area contributed by atoms with Gasteiger partial charge in [0.15, 0.2) is 9.84 Å². The highest BCUT2D eigenvalue weighted by atomic mass is 32.2. The highest BCUT2D eigenvalue weighted by Crippen LogP contribution is 2.25. The maximum absolute atomic E-state index is 11.5. The van der Waals surface area contributed by atoms with E-state index in [0.717, 1.165) is 31.5 Å². The van der Waals surface area contributed by atoms with E-state index in [1.807, 2.05) is 12.1 Å². The first kappa shape index (κ1) is 17.9. The third-order valence-electron chi connectivity index (χ3n) is 4.38. The summed E-state index contributed by atoms with van der Waals surface area (Å²) in [5, 5.41) is 11.6. The fourth-order valence-electron chi connectivity index (χ4n) is 2.91. The highest BCUT2D eigenvalue weighted by Gasteiger charge is 2.24. The number of hydrogen-bond acceptors (Lipinski definition) is 5. The summed E-state index contributed by atoms with van der Waals surface area (Å²) in [5.74, 6) is -0.326. The van der Waals surface area contributed by atoms with Crippen molar-refractivity contribution in [3.05, 3.63) is 29.8 Å². The number of aliphatic hydroxyl groups excluding tert-OH is 1. The first-order valence-electron chi connectivity index (χ1n) is 7.75. The zero-order valence-corrected chi connectivity index (χ0v) is 14.3. The van der Waals surface area contributed by atoms with E-state index in [0.29, 0.717) is 4.90 Å². The highest BCUT2D eigenvalue weighted by molar-refractivity contribution is 7.90. The summed E-state index contributed by atoms with van der Waals surface area (Å²) in [7, 11) is -3.17. The number of carbonyl (C=O) groups excluding carboxylic acids is 1. The lowest BCUT2D eigenvalue weighted by Gasteiger charge is -2.36. The van der Waals surface area contributed by atoms with Crippen LogP contribution in [0.1, 0.15) is 31.4 Å². The molecule has 1 atom stereocenters. The molecule has 1 heterocycles. The Morgan fingerprint density at radius 1 is 1.30 bits per heavy atom. The van der Waals surface area contributed by atoms with Crippen LogP contribution in [0, 0.1) is 0 Å². The van der Waals surface area contributed by atoms with Crippen LogP contribution in [0.15, 0.2) is 29.2 Å². The van der Waals surface area contributed by atoms with Crippen LogP contribution in [0.5, 0.6) is 0 Å². The van der Waals surface area contributed by atoms with E-state index in [1.54, 1.807) is 12.1 Å². The van der Waals surface area contributed by atoms with Crippen molar-refractivity contribution in [3.8, 4) is 0 Å². The van der Waals surface area contributed by atoms with Gasteiger partial charge >= 0.3 is 0 Å². The van der Waals surface area contributed by atoms with Gasteiger partial charge in [-0.15, -0.1) is 0 Å². The molecule has 1 amide bonds. The summed E-state index contributed by atoms with van der Waals surface area (Å²) in [6.07, 6.45) is 2.89. The van der Waals surface area contributed by atoms with E-state index in [9.17, 15) is 13.2 Å². The summed E-state index contributed by atoms with van der Waals surface area (Å²) in [5.41, 5.74) is 1.08. The number of piperidine rings is 1. The molecular weight excluding hydrogens is 316 g/mol. The number of amides is 1. The van der Waals surface area contributed by atoms with Crippen LogP contribution in [0.25, 0.3) is 0 Å². The molecule has 2 N–H and O–H groups in total. The summed E-state index contributed by atoms with van der Waals surface area (Å²) in [4.78, 5) is 13.9. The Labute approximate surface area is 137 Å². The molecule has 1 unspecified atom stereocenters. The first-order valence-corrected chi connectivity index (χ1v) is 9.64. The minimum absolute atomic E-state index is 0.116. The average molecular weight is 340 g/mol. The summed E-state index contributed by atoms with van der Waals surface area (Å²) in [6.45, 7) is 3.34. The van der Waals surface area contributed by atoms with Crippen molar-refractivity contribution in [1.29, 1.82) is 0 Å². The Bertz CT molecular complexity index is 635. The van der Waals surface area contributed by atoms with Gasteiger partial charge in [0, 0.05) is 31.4 Å². The lowest BCUT2D eigenvalue weighted by Crippen LogP contribution is -2.45. The van der Waals surface area contributed by atoms with E-state index in [-0.39, 0.29) is 18.0 Å². The maximum atomic E-state index is 11.5.